The van der Waals surface area contributed by atoms with Crippen LogP contribution in [0.3, 0.4) is 0 Å². The van der Waals surface area contributed by atoms with E-state index in [4.69, 9.17) is 9.47 Å². The summed E-state index contributed by atoms with van der Waals surface area (Å²) in [4.78, 5) is 15.3. The summed E-state index contributed by atoms with van der Waals surface area (Å²) in [5.41, 5.74) is 11.0. The van der Waals surface area contributed by atoms with Gasteiger partial charge in [-0.05, 0) is 65.3 Å². The second-order valence-electron chi connectivity index (χ2n) is 13.4. The Labute approximate surface area is 312 Å². The van der Waals surface area contributed by atoms with Crippen LogP contribution in [0.2, 0.25) is 0 Å². The van der Waals surface area contributed by atoms with Gasteiger partial charge in [-0.25, -0.2) is 8.42 Å². The number of anilines is 1. The minimum atomic E-state index is -4.35. The predicted octanol–water partition coefficient (Wildman–Crippen LogP) is 5.19. The van der Waals surface area contributed by atoms with E-state index >= 15 is 0 Å². The molecule has 6 rings (SSSR count). The number of fused-ring (bicyclic) bond motifs is 2. The third-order valence-corrected chi connectivity index (χ3v) is 10.4. The molecule has 2 aliphatic rings. The molecule has 2 unspecified atom stereocenters. The summed E-state index contributed by atoms with van der Waals surface area (Å²) in [6.07, 6.45) is 7.67. The van der Waals surface area contributed by atoms with Crippen LogP contribution in [0.1, 0.15) is 45.4 Å². The first-order chi connectivity index (χ1) is 25.7. The van der Waals surface area contributed by atoms with Gasteiger partial charge in [-0.3, -0.25) is 9.69 Å². The number of allylic oxidation sites excluding steroid dienone is 2. The van der Waals surface area contributed by atoms with Crippen LogP contribution < -0.4 is 30.3 Å². The first kappa shape index (κ1) is 37.8. The molecule has 278 valence electrons. The smallest absolute Gasteiger partial charge is 0.257 e. The molecule has 0 spiro atoms. The number of carbonyl (C=O) groups excluding carboxylic acids is 1. The normalized spacial score (nSPS) is 17.3. The van der Waals surface area contributed by atoms with E-state index in [1.807, 2.05) is 54.6 Å². The number of rotatable bonds is 17. The maximum absolute atomic E-state index is 12.1. The van der Waals surface area contributed by atoms with E-state index in [0.717, 1.165) is 74.9 Å². The number of benzene rings is 4. The standard InChI is InChI=1S/C42H48N4O6S/c1-2-31(28-42-46(25-12-26-53(48,49)50)37-30-35(19-21-39(37)52-42)33-15-8-4-9-16-33)27-41-45(24-11-5-10-17-40(47)44-23-22-43)36-29-34(18-20-38(36)51-41)32-13-6-3-7-14-32/h3-4,6-9,13-16,18-21,27-30,42H,2,5,10-12,17,22-26,43H2,1H3,(H,44,47)(H,48,49,50)/p+1/b31-28+,41-27-. The fourth-order valence-corrected chi connectivity index (χ4v) is 7.32. The Hall–Kier alpha value is -4.94. The molecule has 0 radical (unpaired) electrons. The molecular formula is C42H49N4O6S+. The van der Waals surface area contributed by atoms with Crippen LogP contribution in [0, 0.1) is 0 Å². The van der Waals surface area contributed by atoms with E-state index in [2.05, 4.69) is 77.5 Å². The maximum atomic E-state index is 12.1. The number of amides is 1. The van der Waals surface area contributed by atoms with Crippen LogP contribution >= 0.6 is 0 Å². The van der Waals surface area contributed by atoms with Gasteiger partial charge in [0, 0.05) is 43.4 Å². The Morgan fingerprint density at radius 2 is 1.57 bits per heavy atom. The summed E-state index contributed by atoms with van der Waals surface area (Å²) in [6, 6.07) is 32.7. The lowest BCUT2D eigenvalue weighted by Crippen LogP contribution is -3.10. The lowest BCUT2D eigenvalue weighted by molar-refractivity contribution is -0.862. The maximum Gasteiger partial charge on any atom is 0.257 e. The van der Waals surface area contributed by atoms with E-state index < -0.39 is 22.1 Å². The number of ether oxygens (including phenoxy) is 2. The minimum Gasteiger partial charge on any atom is -0.748 e. The van der Waals surface area contributed by atoms with E-state index in [0.29, 0.717) is 44.9 Å². The van der Waals surface area contributed by atoms with Crippen molar-refractivity contribution >= 4 is 27.4 Å². The zero-order valence-corrected chi connectivity index (χ0v) is 31.1. The van der Waals surface area contributed by atoms with Gasteiger partial charge in [0.2, 0.25) is 11.8 Å². The molecule has 0 bridgehead atoms. The molecule has 2 heterocycles. The first-order valence-electron chi connectivity index (χ1n) is 18.5. The molecule has 1 amide bonds. The fourth-order valence-electron chi connectivity index (χ4n) is 6.82. The van der Waals surface area contributed by atoms with E-state index in [1.165, 1.54) is 0 Å². The highest BCUT2D eigenvalue weighted by Gasteiger charge is 2.36. The zero-order chi connectivity index (χ0) is 37.2. The highest BCUT2D eigenvalue weighted by Crippen LogP contribution is 2.42. The topological polar surface area (TPSA) is 140 Å². The molecule has 0 saturated heterocycles. The van der Waals surface area contributed by atoms with Gasteiger partial charge < -0.3 is 30.0 Å². The molecule has 10 nitrogen and oxygen atoms in total. The molecule has 5 N–H and O–H groups in total. The van der Waals surface area contributed by atoms with E-state index in [-0.39, 0.29) is 12.3 Å². The van der Waals surface area contributed by atoms with E-state index in [9.17, 15) is 17.8 Å². The van der Waals surface area contributed by atoms with Crippen LogP contribution in [0.5, 0.6) is 11.5 Å². The Morgan fingerprint density at radius 3 is 2.23 bits per heavy atom. The number of hydrogen-bond donors (Lipinski definition) is 3. The average molecular weight is 738 g/mol. The molecule has 2 atom stereocenters. The molecular weight excluding hydrogens is 689 g/mol. The summed E-state index contributed by atoms with van der Waals surface area (Å²) in [5.74, 6) is 1.86. The highest BCUT2D eigenvalue weighted by atomic mass is 32.2. The number of quaternary nitrogens is 2. The lowest BCUT2D eigenvalue weighted by atomic mass is 10.0. The van der Waals surface area contributed by atoms with Gasteiger partial charge >= 0.3 is 0 Å². The van der Waals surface area contributed by atoms with Crippen molar-refractivity contribution in [2.75, 3.05) is 36.8 Å². The van der Waals surface area contributed by atoms with Crippen molar-refractivity contribution in [2.24, 2.45) is 0 Å². The van der Waals surface area contributed by atoms with Crippen LogP contribution in [-0.2, 0) is 14.9 Å². The van der Waals surface area contributed by atoms with Crippen molar-refractivity contribution in [3.8, 4) is 33.8 Å². The van der Waals surface area contributed by atoms with Crippen molar-refractivity contribution in [3.63, 3.8) is 0 Å². The van der Waals surface area contributed by atoms with Gasteiger partial charge in [0.25, 0.3) is 6.23 Å². The Kier molecular flexibility index (Phi) is 12.6. The first-order valence-corrected chi connectivity index (χ1v) is 20.1. The van der Waals surface area contributed by atoms with Gasteiger partial charge in [-0.2, -0.15) is 0 Å². The molecule has 0 fully saturated rings. The third-order valence-electron chi connectivity index (χ3n) is 9.57. The van der Waals surface area contributed by atoms with Gasteiger partial charge in [-0.15, -0.1) is 0 Å². The van der Waals surface area contributed by atoms with Crippen molar-refractivity contribution in [2.45, 2.75) is 51.7 Å². The minimum absolute atomic E-state index is 0.0627. The summed E-state index contributed by atoms with van der Waals surface area (Å²) in [6.45, 7) is 4.48. The summed E-state index contributed by atoms with van der Waals surface area (Å²) >= 11 is 0. The second kappa shape index (κ2) is 17.7. The highest BCUT2D eigenvalue weighted by molar-refractivity contribution is 7.85. The SMILES string of the molecule is CCC(/C=C1\Oc2ccc(-c3ccccc3)cc2N1CCCCCC(=O)NCC[NH3+])=C\C1Oc2ccc(-c3ccccc3)cc2[NH+]1CCCS(=O)(=O)[O-]. The van der Waals surface area contributed by atoms with E-state index in [1.54, 1.807) is 0 Å². The number of nitrogens with one attached hydrogen (secondary N) is 2. The fraction of sp³-hybridized carbons (Fsp3) is 0.310. The van der Waals surface area contributed by atoms with Crippen LogP contribution in [0.25, 0.3) is 22.3 Å². The lowest BCUT2D eigenvalue weighted by Gasteiger charge is -2.20. The number of nitrogens with zero attached hydrogens (tertiary/aromatic N) is 1. The average Bonchev–Trinajstić information content (AvgIpc) is 3.69. The summed E-state index contributed by atoms with van der Waals surface area (Å²) in [5, 5.41) is 2.90. The Balaban J connectivity index is 1.27. The summed E-state index contributed by atoms with van der Waals surface area (Å²) < 4.78 is 47.7. The second-order valence-corrected chi connectivity index (χ2v) is 14.9. The number of carbonyl (C=O) groups is 1. The zero-order valence-electron chi connectivity index (χ0n) is 30.3. The monoisotopic (exact) mass is 737 g/mol. The third kappa shape index (κ3) is 9.94. The largest absolute Gasteiger partial charge is 0.748 e. The predicted molar refractivity (Wildman–Crippen MR) is 207 cm³/mol. The van der Waals surface area contributed by atoms with Gasteiger partial charge in [-0.1, -0.05) is 86.1 Å². The van der Waals surface area contributed by atoms with Gasteiger partial charge in [0.15, 0.2) is 17.2 Å². The van der Waals surface area contributed by atoms with Crippen molar-refractivity contribution in [1.82, 2.24) is 5.32 Å². The molecule has 2 aliphatic heterocycles. The molecule has 4 aromatic rings. The van der Waals surface area contributed by atoms with Crippen LogP contribution in [0.15, 0.2) is 121 Å². The molecule has 0 aromatic heterocycles. The number of hydrogen-bond acceptors (Lipinski definition) is 7. The van der Waals surface area contributed by atoms with Crippen molar-refractivity contribution in [1.29, 1.82) is 0 Å². The molecule has 0 saturated carbocycles. The molecule has 4 aromatic carbocycles. The Morgan fingerprint density at radius 1 is 0.887 bits per heavy atom. The van der Waals surface area contributed by atoms with Gasteiger partial charge in [0.1, 0.15) is 0 Å². The summed E-state index contributed by atoms with van der Waals surface area (Å²) in [7, 11) is -4.35. The van der Waals surface area contributed by atoms with Crippen LogP contribution in [-0.4, -0.2) is 57.0 Å². The Bertz CT molecular complexity index is 2040. The molecule has 11 heteroatoms. The quantitative estimate of drug-likeness (QED) is 0.100. The van der Waals surface area contributed by atoms with Crippen LogP contribution in [0.4, 0.5) is 11.4 Å². The molecule has 53 heavy (non-hydrogen) atoms. The number of unbranched alkanes of at least 4 members (excludes halogenated alkanes) is 2. The van der Waals surface area contributed by atoms with Gasteiger partial charge in [0.05, 0.1) is 35.4 Å². The van der Waals surface area contributed by atoms with Crippen molar-refractivity contribution in [3.05, 3.63) is 121 Å². The molecule has 0 aliphatic carbocycles. The van der Waals surface area contributed by atoms with Crippen molar-refractivity contribution < 1.29 is 37.9 Å².